The number of hydrogen-bond acceptors (Lipinski definition) is 5. The Morgan fingerprint density at radius 3 is 2.89 bits per heavy atom. The normalized spacial score (nSPS) is 11.1. The topological polar surface area (TPSA) is 55.6 Å². The molecule has 0 amide bonds. The lowest BCUT2D eigenvalue weighted by Crippen LogP contribution is -1.98. The fraction of sp³-hybridized carbons (Fsp3) is 0.308. The highest BCUT2D eigenvalue weighted by molar-refractivity contribution is 7.17. The molecule has 3 rings (SSSR count). The molecule has 0 unspecified atom stereocenters. The number of nitrogens with one attached hydrogen (secondary N) is 1. The van der Waals surface area contributed by atoms with Gasteiger partial charge in [-0.15, -0.1) is 11.3 Å². The maximum atomic E-state index is 4.51. The summed E-state index contributed by atoms with van der Waals surface area (Å²) < 4.78 is 1.88. The zero-order chi connectivity index (χ0) is 13.4. The molecule has 0 saturated heterocycles. The minimum Gasteiger partial charge on any atom is -0.337 e. The number of nitrogens with zero attached hydrogens (tertiary/aromatic N) is 4. The van der Waals surface area contributed by atoms with Crippen molar-refractivity contribution in [2.75, 3.05) is 5.32 Å². The van der Waals surface area contributed by atoms with Crippen LogP contribution in [0.4, 0.5) is 11.5 Å². The number of anilines is 2. The van der Waals surface area contributed by atoms with Crippen molar-refractivity contribution in [3.63, 3.8) is 0 Å². The zero-order valence-corrected chi connectivity index (χ0v) is 12.0. The van der Waals surface area contributed by atoms with E-state index in [1.54, 1.807) is 11.3 Å². The number of thiophene rings is 1. The van der Waals surface area contributed by atoms with Crippen LogP contribution in [0.5, 0.6) is 0 Å². The van der Waals surface area contributed by atoms with Gasteiger partial charge in [0.1, 0.15) is 16.5 Å². The summed E-state index contributed by atoms with van der Waals surface area (Å²) in [7, 11) is 0. The van der Waals surface area contributed by atoms with Gasteiger partial charge in [-0.2, -0.15) is 5.10 Å². The molecule has 98 valence electrons. The lowest BCUT2D eigenvalue weighted by molar-refractivity contribution is 0.660. The van der Waals surface area contributed by atoms with Crippen LogP contribution in [0.3, 0.4) is 0 Å². The molecule has 0 aliphatic rings. The lowest BCUT2D eigenvalue weighted by Gasteiger charge is -2.06. The third-order valence-corrected chi connectivity index (χ3v) is 3.94. The van der Waals surface area contributed by atoms with Gasteiger partial charge in [-0.25, -0.2) is 9.97 Å². The van der Waals surface area contributed by atoms with Gasteiger partial charge in [0.25, 0.3) is 0 Å². The first-order valence-electron chi connectivity index (χ1n) is 6.19. The van der Waals surface area contributed by atoms with Crippen LogP contribution in [0.1, 0.15) is 18.3 Å². The van der Waals surface area contributed by atoms with Crippen molar-refractivity contribution in [2.24, 2.45) is 0 Å². The fourth-order valence-electron chi connectivity index (χ4n) is 2.02. The Labute approximate surface area is 115 Å². The Morgan fingerprint density at radius 1 is 1.32 bits per heavy atom. The monoisotopic (exact) mass is 273 g/mol. The summed E-state index contributed by atoms with van der Waals surface area (Å²) in [5, 5.41) is 10.8. The van der Waals surface area contributed by atoms with Crippen molar-refractivity contribution in [1.29, 1.82) is 0 Å². The molecule has 5 nitrogen and oxygen atoms in total. The van der Waals surface area contributed by atoms with Gasteiger partial charge < -0.3 is 5.32 Å². The minimum absolute atomic E-state index is 0.778. The van der Waals surface area contributed by atoms with Crippen molar-refractivity contribution >= 4 is 33.1 Å². The highest BCUT2D eigenvalue weighted by Gasteiger charge is 2.11. The highest BCUT2D eigenvalue weighted by Crippen LogP contribution is 2.30. The minimum atomic E-state index is 0.778. The van der Waals surface area contributed by atoms with Crippen molar-refractivity contribution < 1.29 is 0 Å². The van der Waals surface area contributed by atoms with Crippen LogP contribution in [-0.4, -0.2) is 19.7 Å². The second kappa shape index (κ2) is 4.62. The van der Waals surface area contributed by atoms with E-state index in [1.165, 1.54) is 5.56 Å². The summed E-state index contributed by atoms with van der Waals surface area (Å²) in [5.74, 6) is 1.64. The standard InChI is InChI=1S/C13H15N5S/c1-4-18-6-10(5-14-18)17-12-11-8(2)7-19-13(11)16-9(3)15-12/h5-7H,4H2,1-3H3,(H,15,16,17). The maximum Gasteiger partial charge on any atom is 0.143 e. The van der Waals surface area contributed by atoms with Gasteiger partial charge in [0.2, 0.25) is 0 Å². The van der Waals surface area contributed by atoms with E-state index >= 15 is 0 Å². The molecule has 19 heavy (non-hydrogen) atoms. The van der Waals surface area contributed by atoms with E-state index in [0.717, 1.165) is 34.1 Å². The summed E-state index contributed by atoms with van der Waals surface area (Å²) in [5.41, 5.74) is 2.15. The van der Waals surface area contributed by atoms with Gasteiger partial charge in [-0.1, -0.05) is 0 Å². The fourth-order valence-corrected chi connectivity index (χ4v) is 2.99. The maximum absolute atomic E-state index is 4.51. The zero-order valence-electron chi connectivity index (χ0n) is 11.1. The molecule has 3 aromatic rings. The van der Waals surface area contributed by atoms with E-state index in [1.807, 2.05) is 24.0 Å². The molecule has 0 aliphatic carbocycles. The van der Waals surface area contributed by atoms with E-state index in [9.17, 15) is 0 Å². The lowest BCUT2D eigenvalue weighted by atomic mass is 10.2. The summed E-state index contributed by atoms with van der Waals surface area (Å²) in [6.07, 6.45) is 3.79. The summed E-state index contributed by atoms with van der Waals surface area (Å²) in [6.45, 7) is 6.91. The van der Waals surface area contributed by atoms with E-state index in [4.69, 9.17) is 0 Å². The first kappa shape index (κ1) is 12.1. The third-order valence-electron chi connectivity index (χ3n) is 2.95. The predicted molar refractivity (Wildman–Crippen MR) is 78.1 cm³/mol. The molecular weight excluding hydrogens is 258 g/mol. The van der Waals surface area contributed by atoms with Crippen molar-refractivity contribution in [3.8, 4) is 0 Å². The second-order valence-electron chi connectivity index (χ2n) is 4.43. The van der Waals surface area contributed by atoms with Gasteiger partial charge in [0.15, 0.2) is 0 Å². The number of hydrogen-bond donors (Lipinski definition) is 1. The Morgan fingerprint density at radius 2 is 2.16 bits per heavy atom. The van der Waals surface area contributed by atoms with Gasteiger partial charge in [0, 0.05) is 12.7 Å². The Kier molecular flexibility index (Phi) is 2.94. The molecule has 0 aromatic carbocycles. The van der Waals surface area contributed by atoms with E-state index in [0.29, 0.717) is 0 Å². The van der Waals surface area contributed by atoms with Crippen LogP contribution < -0.4 is 5.32 Å². The second-order valence-corrected chi connectivity index (χ2v) is 5.29. The molecule has 3 heterocycles. The summed E-state index contributed by atoms with van der Waals surface area (Å²) in [4.78, 5) is 10.0. The third kappa shape index (κ3) is 2.19. The molecule has 0 radical (unpaired) electrons. The van der Waals surface area contributed by atoms with Crippen LogP contribution in [0.15, 0.2) is 17.8 Å². The molecule has 0 spiro atoms. The molecular formula is C13H15N5S. The molecule has 0 saturated carbocycles. The Bertz CT molecular complexity index is 728. The van der Waals surface area contributed by atoms with Crippen molar-refractivity contribution in [2.45, 2.75) is 27.3 Å². The van der Waals surface area contributed by atoms with Crippen LogP contribution in [0, 0.1) is 13.8 Å². The molecule has 0 bridgehead atoms. The van der Waals surface area contributed by atoms with E-state index in [2.05, 4.69) is 39.6 Å². The average Bonchev–Trinajstić information content (AvgIpc) is 2.96. The van der Waals surface area contributed by atoms with Crippen LogP contribution in [0.2, 0.25) is 0 Å². The van der Waals surface area contributed by atoms with Crippen LogP contribution in [0.25, 0.3) is 10.2 Å². The average molecular weight is 273 g/mol. The first-order valence-corrected chi connectivity index (χ1v) is 7.07. The number of rotatable bonds is 3. The number of aromatic nitrogens is 4. The van der Waals surface area contributed by atoms with Gasteiger partial charge in [-0.05, 0) is 31.7 Å². The van der Waals surface area contributed by atoms with Gasteiger partial charge >= 0.3 is 0 Å². The SMILES string of the molecule is CCn1cc(Nc2nc(C)nc3scc(C)c23)cn1. The Hall–Kier alpha value is -1.95. The molecule has 0 aliphatic heterocycles. The van der Waals surface area contributed by atoms with Crippen LogP contribution >= 0.6 is 11.3 Å². The predicted octanol–water partition coefficient (Wildman–Crippen LogP) is 3.27. The summed E-state index contributed by atoms with van der Waals surface area (Å²) in [6, 6.07) is 0. The van der Waals surface area contributed by atoms with E-state index in [-0.39, 0.29) is 0 Å². The van der Waals surface area contributed by atoms with Gasteiger partial charge in [-0.3, -0.25) is 4.68 Å². The largest absolute Gasteiger partial charge is 0.337 e. The quantitative estimate of drug-likeness (QED) is 0.795. The van der Waals surface area contributed by atoms with E-state index < -0.39 is 0 Å². The van der Waals surface area contributed by atoms with Gasteiger partial charge in [0.05, 0.1) is 17.3 Å². The van der Waals surface area contributed by atoms with Crippen LogP contribution in [-0.2, 0) is 6.54 Å². The first-order chi connectivity index (χ1) is 9.17. The molecule has 0 fully saturated rings. The molecule has 3 aromatic heterocycles. The van der Waals surface area contributed by atoms with Crippen molar-refractivity contribution in [3.05, 3.63) is 29.2 Å². The highest BCUT2D eigenvalue weighted by atomic mass is 32.1. The van der Waals surface area contributed by atoms with Crippen molar-refractivity contribution in [1.82, 2.24) is 19.7 Å². The molecule has 0 atom stereocenters. The molecule has 1 N–H and O–H groups in total. The summed E-state index contributed by atoms with van der Waals surface area (Å²) >= 11 is 1.65. The Balaban J connectivity index is 2.06. The molecule has 6 heteroatoms. The smallest absolute Gasteiger partial charge is 0.143 e. The number of aryl methyl sites for hydroxylation is 3. The number of fused-ring (bicyclic) bond motifs is 1.